The van der Waals surface area contributed by atoms with Crippen LogP contribution in [-0.2, 0) is 68.5 Å². The van der Waals surface area contributed by atoms with Gasteiger partial charge in [0.25, 0.3) is 0 Å². The van der Waals surface area contributed by atoms with E-state index in [9.17, 15) is 48.3 Å². The Balaban J connectivity index is 1.41. The molecule has 1 aromatic carbocycles. The molecule has 87 heavy (non-hydrogen) atoms. The minimum atomic E-state index is -0.989. The summed E-state index contributed by atoms with van der Waals surface area (Å²) in [5.41, 5.74) is 18.6. The second kappa shape index (κ2) is 50.8. The molecule has 22 heteroatoms. The lowest BCUT2D eigenvalue weighted by molar-refractivity contribution is -0.145. The normalized spacial score (nSPS) is 14.5. The number of ether oxygens (including phenoxy) is 4. The van der Waals surface area contributed by atoms with Crippen LogP contribution in [0.1, 0.15) is 212 Å². The fourth-order valence-electron chi connectivity index (χ4n) is 10.2. The van der Waals surface area contributed by atoms with E-state index in [1.807, 2.05) is 13.8 Å². The zero-order chi connectivity index (χ0) is 63.7. The number of carbonyl (C=O) groups excluding carboxylic acids is 8. The molecule has 10 N–H and O–H groups in total. The van der Waals surface area contributed by atoms with Crippen LogP contribution in [0.4, 0.5) is 0 Å². The maximum atomic E-state index is 13.8. The van der Waals surface area contributed by atoms with E-state index in [1.165, 1.54) is 68.4 Å². The highest BCUT2D eigenvalue weighted by molar-refractivity contribution is 6.41. The third-order valence-electron chi connectivity index (χ3n) is 15.8. The predicted molar refractivity (Wildman–Crippen MR) is 334 cm³/mol. The molecule has 0 saturated carbocycles. The summed E-state index contributed by atoms with van der Waals surface area (Å²) >= 11 is 0. The van der Waals surface area contributed by atoms with Crippen molar-refractivity contribution in [1.29, 1.82) is 0 Å². The largest absolute Gasteiger partial charge is 0.508 e. The van der Waals surface area contributed by atoms with Gasteiger partial charge in [-0.2, -0.15) is 0 Å². The number of carboxylic acids is 1. The number of nitrogens with two attached hydrogens (primary N) is 2. The average molecular weight is 1230 g/mol. The number of nitrogens with one attached hydrogen (secondary N) is 4. The maximum Gasteiger partial charge on any atom is 0.303 e. The lowest BCUT2D eigenvalue weighted by Gasteiger charge is -2.30. The number of Topliss-reactive ketones (excluding diaryl/α,β-unsaturated/α-hetero) is 5. The van der Waals surface area contributed by atoms with Crippen LogP contribution in [-0.4, -0.2) is 171 Å². The topological polar surface area (TPSA) is 334 Å². The number of carboxylic acid groups (broad SMARTS) is 1. The number of aliphatic carboxylic acids is 1. The van der Waals surface area contributed by atoms with Crippen LogP contribution in [0.25, 0.3) is 0 Å². The molecule has 0 aromatic heterocycles. The van der Waals surface area contributed by atoms with Crippen LogP contribution in [0.15, 0.2) is 24.3 Å². The molecule has 1 heterocycles. The molecule has 1 saturated heterocycles. The third-order valence-corrected chi connectivity index (χ3v) is 15.8. The fourth-order valence-corrected chi connectivity index (χ4v) is 10.2. The van der Waals surface area contributed by atoms with Gasteiger partial charge in [0.05, 0.1) is 57.1 Å². The number of phenols is 1. The molecule has 0 bridgehead atoms. The highest BCUT2D eigenvalue weighted by Crippen LogP contribution is 2.23. The van der Waals surface area contributed by atoms with Gasteiger partial charge in [0.15, 0.2) is 11.6 Å². The maximum absolute atomic E-state index is 13.8. The van der Waals surface area contributed by atoms with Crippen molar-refractivity contribution in [3.63, 3.8) is 0 Å². The van der Waals surface area contributed by atoms with Gasteiger partial charge in [-0.3, -0.25) is 43.2 Å². The van der Waals surface area contributed by atoms with Gasteiger partial charge in [-0.05, 0) is 107 Å². The highest BCUT2D eigenvalue weighted by Gasteiger charge is 2.42. The van der Waals surface area contributed by atoms with Gasteiger partial charge in [-0.15, -0.1) is 0 Å². The van der Waals surface area contributed by atoms with Gasteiger partial charge in [0.1, 0.15) is 24.7 Å². The first-order valence-electron chi connectivity index (χ1n) is 32.8. The number of ketones is 5. The van der Waals surface area contributed by atoms with E-state index in [0.717, 1.165) is 56.9 Å². The Bertz CT molecular complexity index is 2100. The molecule has 3 amide bonds. The molecule has 1 aliphatic rings. The summed E-state index contributed by atoms with van der Waals surface area (Å²) in [5, 5.41) is 24.0. The lowest BCUT2D eigenvalue weighted by atomic mass is 9.91. The number of rotatable bonds is 59. The number of phenolic OH excluding ortho intramolecular Hbond substituents is 1. The number of benzene rings is 1. The Morgan fingerprint density at radius 3 is 1.69 bits per heavy atom. The van der Waals surface area contributed by atoms with Crippen LogP contribution in [0, 0.1) is 5.92 Å². The number of likely N-dealkylation sites (tertiary alicyclic amines) is 1. The predicted octanol–water partition coefficient (Wildman–Crippen LogP) is 6.85. The van der Waals surface area contributed by atoms with E-state index in [-0.39, 0.29) is 73.4 Å². The zero-order valence-corrected chi connectivity index (χ0v) is 52.9. The monoisotopic (exact) mass is 1230 g/mol. The molecular formula is C65H111N7O15. The molecule has 1 aromatic rings. The molecule has 2 rings (SSSR count). The van der Waals surface area contributed by atoms with E-state index in [0.29, 0.717) is 143 Å². The summed E-state index contributed by atoms with van der Waals surface area (Å²) in [4.78, 5) is 115. The minimum absolute atomic E-state index is 0.0653. The van der Waals surface area contributed by atoms with E-state index < -0.39 is 47.6 Å². The first-order valence-corrected chi connectivity index (χ1v) is 32.8. The van der Waals surface area contributed by atoms with Crippen molar-refractivity contribution in [3.8, 4) is 5.75 Å². The van der Waals surface area contributed by atoms with Gasteiger partial charge in [0, 0.05) is 65.0 Å². The average Bonchev–Trinajstić information content (AvgIpc) is 2.41. The number of nitrogens with zero attached hydrogens (tertiary/aromatic N) is 1. The Labute approximate surface area is 518 Å². The number of carbonyl (C=O) groups is 9. The molecule has 1 aliphatic heterocycles. The van der Waals surface area contributed by atoms with Crippen LogP contribution in [0.3, 0.4) is 0 Å². The molecule has 0 radical (unpaired) electrons. The molecule has 1 unspecified atom stereocenters. The van der Waals surface area contributed by atoms with Crippen molar-refractivity contribution in [1.82, 2.24) is 26.4 Å². The van der Waals surface area contributed by atoms with E-state index in [2.05, 4.69) is 21.5 Å². The Kier molecular flexibility index (Phi) is 45.5. The third kappa shape index (κ3) is 38.8. The van der Waals surface area contributed by atoms with E-state index >= 15 is 0 Å². The van der Waals surface area contributed by atoms with Crippen molar-refractivity contribution in [3.05, 3.63) is 29.8 Å². The molecule has 22 nitrogen and oxygen atoms in total. The molecule has 496 valence electrons. The second-order valence-electron chi connectivity index (χ2n) is 23.2. The van der Waals surface area contributed by atoms with Gasteiger partial charge >= 0.3 is 5.97 Å². The molecule has 1 fully saturated rings. The summed E-state index contributed by atoms with van der Waals surface area (Å²) in [6.45, 7) is 6.87. The number of hydrazine groups is 1. The van der Waals surface area contributed by atoms with E-state index in [4.69, 9.17) is 35.5 Å². The van der Waals surface area contributed by atoms with Crippen LogP contribution >= 0.6 is 0 Å². The summed E-state index contributed by atoms with van der Waals surface area (Å²) in [5.74, 6) is -3.29. The van der Waals surface area contributed by atoms with Crippen molar-refractivity contribution in [2.75, 3.05) is 79.0 Å². The summed E-state index contributed by atoms with van der Waals surface area (Å²) < 4.78 is 22.1. The minimum Gasteiger partial charge on any atom is -0.508 e. The number of aromatic hydroxyl groups is 1. The summed E-state index contributed by atoms with van der Waals surface area (Å²) in [6.07, 6.45) is 24.7. The molecular weight excluding hydrogens is 1120 g/mol. The van der Waals surface area contributed by atoms with Gasteiger partial charge in [0.2, 0.25) is 29.3 Å². The van der Waals surface area contributed by atoms with Crippen molar-refractivity contribution >= 4 is 52.6 Å². The fraction of sp³-hybridized carbons (Fsp3) is 0.769. The lowest BCUT2D eigenvalue weighted by Crippen LogP contribution is -2.59. The number of amides is 3. The first-order chi connectivity index (χ1) is 42.1. The van der Waals surface area contributed by atoms with E-state index in [1.54, 1.807) is 12.1 Å². The molecule has 5 atom stereocenters. The number of unbranched alkanes of at least 4 members (excludes halogenated alkanes) is 16. The quantitative estimate of drug-likeness (QED) is 0.0188. The van der Waals surface area contributed by atoms with Crippen LogP contribution in [0.2, 0.25) is 0 Å². The Morgan fingerprint density at radius 1 is 0.598 bits per heavy atom. The van der Waals surface area contributed by atoms with Gasteiger partial charge in [-0.25, -0.2) is 10.9 Å². The molecule has 0 aliphatic carbocycles. The van der Waals surface area contributed by atoms with Crippen molar-refractivity contribution in [2.45, 2.75) is 237 Å². The van der Waals surface area contributed by atoms with Crippen molar-refractivity contribution < 1.29 is 72.3 Å². The van der Waals surface area contributed by atoms with Crippen LogP contribution in [0.5, 0.6) is 5.75 Å². The first kappa shape index (κ1) is 78.0. The smallest absolute Gasteiger partial charge is 0.303 e. The second-order valence-corrected chi connectivity index (χ2v) is 23.2. The van der Waals surface area contributed by atoms with Crippen LogP contribution < -0.4 is 33.0 Å². The number of hydrogen-bond acceptors (Lipinski definition) is 18. The Hall–Kier alpha value is -5.07. The molecule has 0 spiro atoms. The summed E-state index contributed by atoms with van der Waals surface area (Å²) in [7, 11) is 0. The highest BCUT2D eigenvalue weighted by atomic mass is 16.5. The van der Waals surface area contributed by atoms with Crippen molar-refractivity contribution in [2.24, 2.45) is 17.4 Å². The standard InChI is InChI=1S/C65H111N7O15/c1-3-50(2)62(64(82)63(81)57-30-25-39-72(57)65(83)55(67)46-51-33-35-53(74)36-34-51)71-70-56(58(76)47-66)29-18-21-37-69-60(78)49-87-48-54(75)27-20-23-41-85-43-45-86-44-42-84-40-22-19-26-52(73)28-24-38-68-59(77)31-16-14-12-10-8-6-4-5-7-9-11-13-15-17-32-61(79)80/h33-36,50,55-57,62,70-71,74H,3-32,37-49,66-67H2,1-2H3,(H,68,77)(H,69,78)(H,79,80)/t50-,55-,56?,57-,62-/m0/s1. The summed E-state index contributed by atoms with van der Waals surface area (Å²) in [6, 6.07) is 2.68. The Morgan fingerprint density at radius 2 is 1.11 bits per heavy atom. The van der Waals surface area contributed by atoms with Gasteiger partial charge < -0.3 is 56.2 Å². The number of hydrogen-bond donors (Lipinski definition) is 8. The van der Waals surface area contributed by atoms with Gasteiger partial charge in [-0.1, -0.05) is 109 Å². The zero-order valence-electron chi connectivity index (χ0n) is 52.9. The SMILES string of the molecule is CC[C@H](C)[C@H](NNC(CCCCNC(=O)COCC(=O)CCCCOCCOCCOCCCCC(=O)CCCNC(=O)CCCCCCCCCCCCCCCCC(=O)O)C(=O)CN)C(=O)C(=O)[C@@H]1CCCN1C(=O)[C@@H](N)Cc1ccc(O)cc1.